The highest BCUT2D eigenvalue weighted by Gasteiger charge is 2.35. The summed E-state index contributed by atoms with van der Waals surface area (Å²) in [6, 6.07) is 59.9. The van der Waals surface area contributed by atoms with Crippen LogP contribution in [0.3, 0.4) is 0 Å². The maximum absolute atomic E-state index is 2.44. The molecule has 0 radical (unpaired) electrons. The van der Waals surface area contributed by atoms with Crippen LogP contribution in [-0.2, 0) is 5.41 Å². The molecule has 47 heavy (non-hydrogen) atoms. The van der Waals surface area contributed by atoms with E-state index in [0.717, 1.165) is 17.1 Å². The third-order valence-corrected chi connectivity index (χ3v) is 11.1. The van der Waals surface area contributed by atoms with Crippen molar-refractivity contribution in [3.63, 3.8) is 0 Å². The van der Waals surface area contributed by atoms with Crippen molar-refractivity contribution in [3.05, 3.63) is 175 Å². The molecule has 0 aliphatic heterocycles. The normalized spacial score (nSPS) is 13.1. The van der Waals surface area contributed by atoms with Crippen LogP contribution in [0, 0.1) is 0 Å². The van der Waals surface area contributed by atoms with E-state index in [2.05, 4.69) is 183 Å². The van der Waals surface area contributed by atoms with Crippen LogP contribution in [0.5, 0.6) is 0 Å². The molecule has 0 bridgehead atoms. The molecule has 0 N–H and O–H groups in total. The Morgan fingerprint density at radius 3 is 1.77 bits per heavy atom. The quantitative estimate of drug-likeness (QED) is 0.185. The van der Waals surface area contributed by atoms with Gasteiger partial charge in [-0.15, -0.1) is 11.3 Å². The average Bonchev–Trinajstić information content (AvgIpc) is 3.61. The van der Waals surface area contributed by atoms with Crippen molar-refractivity contribution in [2.75, 3.05) is 4.90 Å². The van der Waals surface area contributed by atoms with E-state index in [9.17, 15) is 0 Å². The lowest BCUT2D eigenvalue weighted by atomic mass is 9.81. The fraction of sp³-hybridized carbons (Fsp3) is 0.0667. The van der Waals surface area contributed by atoms with Gasteiger partial charge in [-0.3, -0.25) is 0 Å². The van der Waals surface area contributed by atoms with Crippen LogP contribution in [0.25, 0.3) is 53.6 Å². The molecule has 0 saturated heterocycles. The number of hydrogen-bond donors (Lipinski definition) is 0. The maximum Gasteiger partial charge on any atom is 0.0462 e. The molecule has 2 heteroatoms. The molecule has 1 nitrogen and oxygen atoms in total. The summed E-state index contributed by atoms with van der Waals surface area (Å²) in [4.78, 5) is 2.32. The number of anilines is 3. The smallest absolute Gasteiger partial charge is 0.0462 e. The standard InChI is InChI=1S/C45H33NS/c1-45(2)41-19-11-9-17-36(41)37-26-23-31(29-42(37)45)32-27-39(44-40(28-32)38-18-10-12-20-43(38)47-44)30-21-24-35(25-22-30)46(33-13-5-3-6-14-33)34-15-7-4-8-16-34/h3-29H,1-2H3. The zero-order valence-electron chi connectivity index (χ0n) is 26.4. The minimum absolute atomic E-state index is 0.0385. The molecule has 1 aliphatic rings. The Bertz CT molecular complexity index is 2380. The first kappa shape index (κ1) is 27.8. The number of benzene rings is 7. The predicted molar refractivity (Wildman–Crippen MR) is 202 cm³/mol. The van der Waals surface area contributed by atoms with Crippen LogP contribution in [0.1, 0.15) is 25.0 Å². The molecular weight excluding hydrogens is 587 g/mol. The summed E-state index contributed by atoms with van der Waals surface area (Å²) in [5.74, 6) is 0. The van der Waals surface area contributed by atoms with Crippen molar-refractivity contribution in [2.24, 2.45) is 0 Å². The molecule has 0 fully saturated rings. The first-order valence-corrected chi connectivity index (χ1v) is 17.1. The van der Waals surface area contributed by atoms with Gasteiger partial charge in [-0.05, 0) is 99.6 Å². The minimum Gasteiger partial charge on any atom is -0.311 e. The molecule has 1 heterocycles. The van der Waals surface area contributed by atoms with Crippen LogP contribution in [0.15, 0.2) is 164 Å². The van der Waals surface area contributed by atoms with E-state index < -0.39 is 0 Å². The van der Waals surface area contributed by atoms with Gasteiger partial charge in [0, 0.05) is 48.2 Å². The second kappa shape index (κ2) is 10.8. The SMILES string of the molecule is CC1(C)c2ccccc2-c2ccc(-c3cc(-c4ccc(N(c5ccccc5)c5ccccc5)cc4)c4sc5ccccc5c4c3)cc21. The van der Waals surface area contributed by atoms with Gasteiger partial charge in [-0.2, -0.15) is 0 Å². The summed E-state index contributed by atoms with van der Waals surface area (Å²) in [6.07, 6.45) is 0. The van der Waals surface area contributed by atoms with Crippen molar-refractivity contribution in [3.8, 4) is 33.4 Å². The molecule has 0 saturated carbocycles. The second-order valence-electron chi connectivity index (χ2n) is 13.0. The fourth-order valence-corrected chi connectivity index (χ4v) is 8.70. The number of rotatable bonds is 5. The van der Waals surface area contributed by atoms with Crippen molar-refractivity contribution >= 4 is 48.6 Å². The van der Waals surface area contributed by atoms with E-state index in [-0.39, 0.29) is 5.41 Å². The molecule has 8 aromatic rings. The highest BCUT2D eigenvalue weighted by Crippen LogP contribution is 2.50. The van der Waals surface area contributed by atoms with Crippen LogP contribution < -0.4 is 4.90 Å². The Morgan fingerprint density at radius 2 is 1.02 bits per heavy atom. The highest BCUT2D eigenvalue weighted by atomic mass is 32.1. The van der Waals surface area contributed by atoms with Crippen LogP contribution in [-0.4, -0.2) is 0 Å². The summed E-state index contributed by atoms with van der Waals surface area (Å²) in [5, 5.41) is 2.64. The number of hydrogen-bond acceptors (Lipinski definition) is 2. The molecular formula is C45H33NS. The van der Waals surface area contributed by atoms with Gasteiger partial charge in [0.15, 0.2) is 0 Å². The number of fused-ring (bicyclic) bond motifs is 6. The van der Waals surface area contributed by atoms with Crippen molar-refractivity contribution in [1.82, 2.24) is 0 Å². The first-order chi connectivity index (χ1) is 23.1. The molecule has 0 spiro atoms. The molecule has 0 amide bonds. The van der Waals surface area contributed by atoms with Gasteiger partial charge in [0.25, 0.3) is 0 Å². The fourth-order valence-electron chi connectivity index (χ4n) is 7.48. The number of nitrogens with zero attached hydrogens (tertiary/aromatic N) is 1. The maximum atomic E-state index is 2.44. The average molecular weight is 620 g/mol. The Kier molecular flexibility index (Phi) is 6.41. The summed E-state index contributed by atoms with van der Waals surface area (Å²) in [6.45, 7) is 4.72. The molecule has 0 unspecified atom stereocenters. The number of thiophene rings is 1. The van der Waals surface area contributed by atoms with Crippen molar-refractivity contribution in [1.29, 1.82) is 0 Å². The summed E-state index contributed by atoms with van der Waals surface area (Å²) in [7, 11) is 0. The Balaban J connectivity index is 1.20. The van der Waals surface area contributed by atoms with Crippen LogP contribution >= 0.6 is 11.3 Å². The van der Waals surface area contributed by atoms with E-state index in [1.807, 2.05) is 11.3 Å². The van der Waals surface area contributed by atoms with Crippen LogP contribution in [0.2, 0.25) is 0 Å². The molecule has 9 rings (SSSR count). The van der Waals surface area contributed by atoms with E-state index in [1.165, 1.54) is 64.7 Å². The third-order valence-electron chi connectivity index (χ3n) is 9.86. The van der Waals surface area contributed by atoms with Gasteiger partial charge < -0.3 is 4.90 Å². The third kappa shape index (κ3) is 4.52. The van der Waals surface area contributed by atoms with E-state index in [1.54, 1.807) is 0 Å². The summed E-state index contributed by atoms with van der Waals surface area (Å²) in [5.41, 5.74) is 13.9. The van der Waals surface area contributed by atoms with E-state index >= 15 is 0 Å². The minimum atomic E-state index is -0.0385. The molecule has 224 valence electrons. The van der Waals surface area contributed by atoms with Gasteiger partial charge >= 0.3 is 0 Å². The van der Waals surface area contributed by atoms with Gasteiger partial charge in [-0.1, -0.05) is 117 Å². The molecule has 0 atom stereocenters. The highest BCUT2D eigenvalue weighted by molar-refractivity contribution is 7.26. The molecule has 1 aliphatic carbocycles. The number of para-hydroxylation sites is 2. The summed E-state index contributed by atoms with van der Waals surface area (Å²) >= 11 is 1.89. The van der Waals surface area contributed by atoms with E-state index in [0.29, 0.717) is 0 Å². The zero-order valence-corrected chi connectivity index (χ0v) is 27.3. The van der Waals surface area contributed by atoms with Gasteiger partial charge in [0.2, 0.25) is 0 Å². The van der Waals surface area contributed by atoms with Gasteiger partial charge in [0.1, 0.15) is 0 Å². The van der Waals surface area contributed by atoms with E-state index in [4.69, 9.17) is 0 Å². The molecule has 7 aromatic carbocycles. The lowest BCUT2D eigenvalue weighted by Crippen LogP contribution is -2.14. The van der Waals surface area contributed by atoms with Gasteiger partial charge in [0.05, 0.1) is 0 Å². The Labute approximate surface area is 280 Å². The predicted octanol–water partition coefficient (Wildman–Crippen LogP) is 13.2. The lowest BCUT2D eigenvalue weighted by molar-refractivity contribution is 0.660. The molecule has 1 aromatic heterocycles. The van der Waals surface area contributed by atoms with Crippen molar-refractivity contribution in [2.45, 2.75) is 19.3 Å². The van der Waals surface area contributed by atoms with Gasteiger partial charge in [-0.25, -0.2) is 0 Å². The zero-order chi connectivity index (χ0) is 31.5. The topological polar surface area (TPSA) is 3.24 Å². The van der Waals surface area contributed by atoms with Crippen molar-refractivity contribution < 1.29 is 0 Å². The largest absolute Gasteiger partial charge is 0.311 e. The van der Waals surface area contributed by atoms with Crippen LogP contribution in [0.4, 0.5) is 17.1 Å². The monoisotopic (exact) mass is 619 g/mol. The Hall–Kier alpha value is -5.44. The Morgan fingerprint density at radius 1 is 0.426 bits per heavy atom. The lowest BCUT2D eigenvalue weighted by Gasteiger charge is -2.25. The summed E-state index contributed by atoms with van der Waals surface area (Å²) < 4.78 is 2.65. The second-order valence-corrected chi connectivity index (χ2v) is 14.0. The first-order valence-electron chi connectivity index (χ1n) is 16.3.